The first-order valence-electron chi connectivity index (χ1n) is 6.92. The zero-order valence-corrected chi connectivity index (χ0v) is 12.6. The van der Waals surface area contributed by atoms with Crippen molar-refractivity contribution in [2.45, 2.75) is 13.0 Å². The smallest absolute Gasteiger partial charge is 0.103 e. The Balaban J connectivity index is 1.61. The van der Waals surface area contributed by atoms with E-state index in [1.54, 1.807) is 4.90 Å². The van der Waals surface area contributed by atoms with Crippen molar-refractivity contribution in [3.8, 4) is 0 Å². The summed E-state index contributed by atoms with van der Waals surface area (Å²) in [7, 11) is 0. The fourth-order valence-corrected chi connectivity index (χ4v) is 2.84. The van der Waals surface area contributed by atoms with Gasteiger partial charge in [0.05, 0.1) is 31.3 Å². The van der Waals surface area contributed by atoms with Crippen molar-refractivity contribution in [2.24, 2.45) is 0 Å². The fraction of sp³-hybridized carbons (Fsp3) is 0.571. The second-order valence-corrected chi connectivity index (χ2v) is 5.83. The van der Waals surface area contributed by atoms with Crippen molar-refractivity contribution in [1.82, 2.24) is 0 Å². The predicted molar refractivity (Wildman–Crippen MR) is 78.0 cm³/mol. The van der Waals surface area contributed by atoms with Crippen LogP contribution in [0.25, 0.3) is 0 Å². The number of morpholine rings is 1. The van der Waals surface area contributed by atoms with E-state index in [-0.39, 0.29) is 0 Å². The van der Waals surface area contributed by atoms with Gasteiger partial charge in [0.2, 0.25) is 0 Å². The molecule has 1 aliphatic heterocycles. The van der Waals surface area contributed by atoms with E-state index in [9.17, 15) is 0 Å². The molecule has 0 unspecified atom stereocenters. The minimum absolute atomic E-state index is 0.699. The van der Waals surface area contributed by atoms with E-state index in [1.807, 2.05) is 18.2 Å². The molecule has 0 aliphatic carbocycles. The Kier molecular flexibility index (Phi) is 6.41. The molecule has 1 heterocycles. The number of nitrogens with two attached hydrogens (primary N) is 1. The molecule has 0 atom stereocenters. The van der Waals surface area contributed by atoms with Crippen molar-refractivity contribution in [3.05, 3.63) is 33.8 Å². The number of hydrogen-bond donors (Lipinski definition) is 2. The van der Waals surface area contributed by atoms with Gasteiger partial charge in [-0.25, -0.2) is 0 Å². The predicted octanol–water partition coefficient (Wildman–Crippen LogP) is 0.362. The zero-order chi connectivity index (χ0) is 13.5. The SMILES string of the molecule is Clc1ccc(C[NH2+]CCC[NH+]2CCOCC2)c(Cl)c1. The Bertz CT molecular complexity index is 395. The average molecular weight is 305 g/mol. The maximum absolute atomic E-state index is 6.14. The summed E-state index contributed by atoms with van der Waals surface area (Å²) in [6.07, 6.45) is 1.24. The standard InChI is InChI=1S/C14H20Cl2N2O/c15-13-3-2-12(14(16)10-13)11-17-4-1-5-18-6-8-19-9-7-18/h2-3,10,17H,1,4-9,11H2/p+2. The number of benzene rings is 1. The summed E-state index contributed by atoms with van der Waals surface area (Å²) in [4.78, 5) is 1.67. The molecule has 3 N–H and O–H groups in total. The van der Waals surface area contributed by atoms with Gasteiger partial charge in [0.15, 0.2) is 0 Å². The van der Waals surface area contributed by atoms with Crippen molar-refractivity contribution < 1.29 is 15.0 Å². The Morgan fingerprint density at radius 1 is 1.21 bits per heavy atom. The lowest BCUT2D eigenvalue weighted by Gasteiger charge is -2.23. The number of ether oxygens (including phenoxy) is 1. The van der Waals surface area contributed by atoms with Gasteiger partial charge in [0.1, 0.15) is 19.6 Å². The quantitative estimate of drug-likeness (QED) is 0.731. The Hall–Kier alpha value is -0.320. The lowest BCUT2D eigenvalue weighted by molar-refractivity contribution is -0.909. The summed E-state index contributed by atoms with van der Waals surface area (Å²) in [6.45, 7) is 7.46. The summed E-state index contributed by atoms with van der Waals surface area (Å²) in [5.74, 6) is 0. The first-order chi connectivity index (χ1) is 9.25. The topological polar surface area (TPSA) is 30.3 Å². The largest absolute Gasteiger partial charge is 0.370 e. The van der Waals surface area contributed by atoms with Gasteiger partial charge in [-0.15, -0.1) is 0 Å². The van der Waals surface area contributed by atoms with Gasteiger partial charge < -0.3 is 15.0 Å². The minimum atomic E-state index is 0.699. The van der Waals surface area contributed by atoms with E-state index in [0.29, 0.717) is 5.02 Å². The molecule has 3 nitrogen and oxygen atoms in total. The number of hydrogen-bond acceptors (Lipinski definition) is 1. The highest BCUT2D eigenvalue weighted by atomic mass is 35.5. The third kappa shape index (κ3) is 5.28. The van der Waals surface area contributed by atoms with Gasteiger partial charge in [-0.2, -0.15) is 0 Å². The Morgan fingerprint density at radius 2 is 2.00 bits per heavy atom. The highest BCUT2D eigenvalue weighted by molar-refractivity contribution is 6.35. The maximum Gasteiger partial charge on any atom is 0.103 e. The molecule has 1 fully saturated rings. The molecule has 1 aromatic rings. The number of quaternary nitrogens is 2. The van der Waals surface area contributed by atoms with Crippen LogP contribution in [0.5, 0.6) is 0 Å². The van der Waals surface area contributed by atoms with Crippen LogP contribution in [0.4, 0.5) is 0 Å². The molecule has 0 spiro atoms. The molecule has 0 bridgehead atoms. The summed E-state index contributed by atoms with van der Waals surface area (Å²) < 4.78 is 5.35. The van der Waals surface area contributed by atoms with Crippen LogP contribution in [-0.4, -0.2) is 39.4 Å². The van der Waals surface area contributed by atoms with E-state index in [1.165, 1.54) is 13.0 Å². The van der Waals surface area contributed by atoms with Crippen molar-refractivity contribution in [2.75, 3.05) is 39.4 Å². The van der Waals surface area contributed by atoms with Crippen LogP contribution in [-0.2, 0) is 11.3 Å². The number of nitrogens with one attached hydrogen (secondary N) is 1. The lowest BCUT2D eigenvalue weighted by Crippen LogP contribution is -3.14. The second kappa shape index (κ2) is 8.08. The lowest BCUT2D eigenvalue weighted by atomic mass is 10.2. The van der Waals surface area contributed by atoms with Crippen LogP contribution >= 0.6 is 23.2 Å². The van der Waals surface area contributed by atoms with Crippen LogP contribution in [0.1, 0.15) is 12.0 Å². The first kappa shape index (κ1) is 15.1. The van der Waals surface area contributed by atoms with Crippen molar-refractivity contribution in [1.29, 1.82) is 0 Å². The molecular formula is C14H22Cl2N2O+2. The van der Waals surface area contributed by atoms with Crippen LogP contribution in [0, 0.1) is 0 Å². The number of halogens is 2. The molecule has 0 radical (unpaired) electrons. The van der Waals surface area contributed by atoms with Gasteiger partial charge in [0.25, 0.3) is 0 Å². The van der Waals surface area contributed by atoms with E-state index >= 15 is 0 Å². The Labute approximate surface area is 124 Å². The molecular weight excluding hydrogens is 283 g/mol. The molecule has 19 heavy (non-hydrogen) atoms. The molecule has 1 saturated heterocycles. The minimum Gasteiger partial charge on any atom is -0.370 e. The molecule has 1 aliphatic rings. The van der Waals surface area contributed by atoms with Gasteiger partial charge in [0, 0.05) is 17.0 Å². The van der Waals surface area contributed by atoms with Crippen LogP contribution in [0.2, 0.25) is 10.0 Å². The van der Waals surface area contributed by atoms with Crippen LogP contribution < -0.4 is 10.2 Å². The molecule has 0 saturated carbocycles. The van der Waals surface area contributed by atoms with E-state index in [2.05, 4.69) is 5.32 Å². The van der Waals surface area contributed by atoms with Crippen molar-refractivity contribution >= 4 is 23.2 Å². The molecule has 0 aromatic heterocycles. The molecule has 1 aromatic carbocycles. The van der Waals surface area contributed by atoms with Gasteiger partial charge in [-0.3, -0.25) is 0 Å². The van der Waals surface area contributed by atoms with E-state index in [0.717, 1.165) is 50.0 Å². The second-order valence-electron chi connectivity index (χ2n) is 4.98. The third-order valence-electron chi connectivity index (χ3n) is 3.52. The maximum atomic E-state index is 6.14. The molecule has 5 heteroatoms. The monoisotopic (exact) mass is 304 g/mol. The first-order valence-corrected chi connectivity index (χ1v) is 7.68. The van der Waals surface area contributed by atoms with Crippen LogP contribution in [0.3, 0.4) is 0 Å². The summed E-state index contributed by atoms with van der Waals surface area (Å²) in [5, 5.41) is 3.78. The summed E-state index contributed by atoms with van der Waals surface area (Å²) in [6, 6.07) is 5.72. The summed E-state index contributed by atoms with van der Waals surface area (Å²) >= 11 is 12.0. The highest BCUT2D eigenvalue weighted by Gasteiger charge is 2.13. The van der Waals surface area contributed by atoms with Crippen molar-refractivity contribution in [3.63, 3.8) is 0 Å². The molecule has 2 rings (SSSR count). The highest BCUT2D eigenvalue weighted by Crippen LogP contribution is 2.19. The Morgan fingerprint density at radius 3 is 2.74 bits per heavy atom. The molecule has 106 valence electrons. The number of rotatable bonds is 6. The summed E-state index contributed by atoms with van der Waals surface area (Å²) in [5.41, 5.74) is 1.16. The van der Waals surface area contributed by atoms with Gasteiger partial charge in [-0.1, -0.05) is 29.3 Å². The average Bonchev–Trinajstić information content (AvgIpc) is 2.42. The van der Waals surface area contributed by atoms with Crippen LogP contribution in [0.15, 0.2) is 18.2 Å². The molecule has 0 amide bonds. The van der Waals surface area contributed by atoms with Gasteiger partial charge >= 0.3 is 0 Å². The normalized spacial score (nSPS) is 16.7. The fourth-order valence-electron chi connectivity index (χ4n) is 2.35. The van der Waals surface area contributed by atoms with E-state index in [4.69, 9.17) is 27.9 Å². The zero-order valence-electron chi connectivity index (χ0n) is 11.1. The van der Waals surface area contributed by atoms with Gasteiger partial charge in [-0.05, 0) is 12.1 Å². The third-order valence-corrected chi connectivity index (χ3v) is 4.10. The van der Waals surface area contributed by atoms with E-state index < -0.39 is 0 Å².